The molecule has 1 saturated heterocycles. The van der Waals surface area contributed by atoms with E-state index in [1.807, 2.05) is 13.0 Å². The summed E-state index contributed by atoms with van der Waals surface area (Å²) in [6.45, 7) is 3.54. The summed E-state index contributed by atoms with van der Waals surface area (Å²) in [5, 5.41) is 4.27. The molecule has 0 saturated carbocycles. The van der Waals surface area contributed by atoms with Gasteiger partial charge in [0.15, 0.2) is 0 Å². The lowest BCUT2D eigenvalue weighted by molar-refractivity contribution is -0.121. The van der Waals surface area contributed by atoms with Crippen LogP contribution in [0.3, 0.4) is 0 Å². The highest BCUT2D eigenvalue weighted by Gasteiger charge is 2.28. The first kappa shape index (κ1) is 19.0. The Hall–Kier alpha value is -2.37. The molecule has 0 unspecified atom stereocenters. The fraction of sp³-hybridized carbons (Fsp3) is 0.318. The van der Waals surface area contributed by atoms with Crippen LogP contribution in [0.5, 0.6) is 0 Å². The number of carbonyl (C=O) groups excluding carboxylic acids is 1. The lowest BCUT2D eigenvalue weighted by Gasteiger charge is -2.35. The fourth-order valence-corrected chi connectivity index (χ4v) is 4.18. The van der Waals surface area contributed by atoms with Gasteiger partial charge >= 0.3 is 0 Å². The number of nitrogens with zero attached hydrogens (tertiary/aromatic N) is 1. The van der Waals surface area contributed by atoms with E-state index >= 15 is 0 Å². The summed E-state index contributed by atoms with van der Waals surface area (Å²) in [6.07, 6.45) is 4.11. The molecule has 28 heavy (non-hydrogen) atoms. The first-order valence-corrected chi connectivity index (χ1v) is 9.96. The molecular weight excluding hydrogens is 377 g/mol. The molecule has 146 valence electrons. The number of aromatic nitrogens is 1. The van der Waals surface area contributed by atoms with Crippen LogP contribution >= 0.6 is 11.6 Å². The number of hydrogen-bond donors (Lipinski definition) is 2. The summed E-state index contributed by atoms with van der Waals surface area (Å²) in [5.74, 6) is -0.241. The molecule has 4 rings (SSSR count). The number of likely N-dealkylation sites (tertiary alicyclic amines) is 1. The predicted molar refractivity (Wildman–Crippen MR) is 111 cm³/mol. The van der Waals surface area contributed by atoms with E-state index in [0.717, 1.165) is 31.4 Å². The molecule has 4 nitrogen and oxygen atoms in total. The molecule has 3 aromatic rings. The van der Waals surface area contributed by atoms with Crippen molar-refractivity contribution in [3.05, 3.63) is 65.1 Å². The average molecular weight is 400 g/mol. The highest BCUT2D eigenvalue weighted by Crippen LogP contribution is 2.33. The van der Waals surface area contributed by atoms with Gasteiger partial charge in [0.2, 0.25) is 5.91 Å². The summed E-state index contributed by atoms with van der Waals surface area (Å²) >= 11 is 5.77. The molecule has 2 N–H and O–H groups in total. The zero-order valence-corrected chi connectivity index (χ0v) is 16.5. The second-order valence-corrected chi connectivity index (χ2v) is 7.83. The molecule has 0 aliphatic carbocycles. The molecule has 1 amide bonds. The van der Waals surface area contributed by atoms with Gasteiger partial charge in [-0.1, -0.05) is 29.8 Å². The minimum atomic E-state index is -0.522. The lowest BCUT2D eigenvalue weighted by Crippen LogP contribution is -2.45. The Labute approximate surface area is 168 Å². The quantitative estimate of drug-likeness (QED) is 0.636. The lowest BCUT2D eigenvalue weighted by atomic mass is 9.88. The van der Waals surface area contributed by atoms with E-state index < -0.39 is 5.82 Å². The largest absolute Gasteiger partial charge is 0.361 e. The molecule has 6 heteroatoms. The Morgan fingerprint density at radius 1 is 1.25 bits per heavy atom. The molecule has 1 fully saturated rings. The van der Waals surface area contributed by atoms with Gasteiger partial charge in [-0.25, -0.2) is 4.39 Å². The van der Waals surface area contributed by atoms with Gasteiger partial charge in [-0.05, 0) is 68.6 Å². The number of H-pyrrole nitrogens is 1. The zero-order valence-electron chi connectivity index (χ0n) is 15.7. The molecule has 2 heterocycles. The number of carbonyl (C=O) groups is 1. The van der Waals surface area contributed by atoms with Gasteiger partial charge in [-0.2, -0.15) is 0 Å². The Bertz CT molecular complexity index is 994. The highest BCUT2D eigenvalue weighted by atomic mass is 35.5. The van der Waals surface area contributed by atoms with Gasteiger partial charge in [0.25, 0.3) is 0 Å². The number of aromatic amines is 1. The fourth-order valence-electron chi connectivity index (χ4n) is 4.02. The van der Waals surface area contributed by atoms with Crippen LogP contribution in [0.4, 0.5) is 10.1 Å². The summed E-state index contributed by atoms with van der Waals surface area (Å²) in [4.78, 5) is 18.1. The topological polar surface area (TPSA) is 48.1 Å². The summed E-state index contributed by atoms with van der Waals surface area (Å²) < 4.78 is 13.9. The standard InChI is InChI=1S/C22H23ClFN3O/c1-14(22(28)26-21-7-6-16(23)12-19(21)24)27-10-8-15(9-11-27)18-13-25-20-5-3-2-4-17(18)20/h2-7,12-15,25H,8-11H2,1H3,(H,26,28)/t14-/m1/s1. The first-order valence-electron chi connectivity index (χ1n) is 9.59. The van der Waals surface area contributed by atoms with Crippen molar-refractivity contribution < 1.29 is 9.18 Å². The molecule has 0 radical (unpaired) electrons. The molecule has 1 aromatic heterocycles. The van der Waals surface area contributed by atoms with Crippen LogP contribution in [-0.4, -0.2) is 34.9 Å². The number of benzene rings is 2. The van der Waals surface area contributed by atoms with E-state index in [4.69, 9.17) is 11.6 Å². The van der Waals surface area contributed by atoms with Crippen molar-refractivity contribution in [2.24, 2.45) is 0 Å². The Kier molecular flexibility index (Phi) is 5.38. The second-order valence-electron chi connectivity index (χ2n) is 7.39. The van der Waals surface area contributed by atoms with E-state index in [1.165, 1.54) is 23.1 Å². The highest BCUT2D eigenvalue weighted by molar-refractivity contribution is 6.30. The third kappa shape index (κ3) is 3.77. The Morgan fingerprint density at radius 3 is 2.75 bits per heavy atom. The van der Waals surface area contributed by atoms with Crippen molar-refractivity contribution in [2.75, 3.05) is 18.4 Å². The van der Waals surface area contributed by atoms with Crippen molar-refractivity contribution in [1.29, 1.82) is 0 Å². The second kappa shape index (κ2) is 7.94. The Morgan fingerprint density at radius 2 is 2.00 bits per heavy atom. The smallest absolute Gasteiger partial charge is 0.241 e. The number of nitrogens with one attached hydrogen (secondary N) is 2. The molecule has 1 atom stereocenters. The third-order valence-corrected chi connectivity index (χ3v) is 5.94. The molecule has 1 aliphatic heterocycles. The number of anilines is 1. The number of piperidine rings is 1. The number of para-hydroxylation sites is 1. The third-order valence-electron chi connectivity index (χ3n) is 5.71. The molecule has 1 aliphatic rings. The normalized spacial score (nSPS) is 17.0. The summed E-state index contributed by atoms with van der Waals surface area (Å²) in [6, 6.07) is 12.3. The van der Waals surface area contributed by atoms with Crippen molar-refractivity contribution in [3.63, 3.8) is 0 Å². The monoisotopic (exact) mass is 399 g/mol. The molecule has 2 aromatic carbocycles. The van der Waals surface area contributed by atoms with Gasteiger partial charge in [-0.15, -0.1) is 0 Å². The maximum absolute atomic E-state index is 13.9. The number of fused-ring (bicyclic) bond motifs is 1. The van der Waals surface area contributed by atoms with Crippen LogP contribution in [0.15, 0.2) is 48.7 Å². The predicted octanol–water partition coefficient (Wildman–Crippen LogP) is 5.17. The van der Waals surface area contributed by atoms with E-state index in [2.05, 4.69) is 39.6 Å². The van der Waals surface area contributed by atoms with Crippen molar-refractivity contribution >= 4 is 34.1 Å². The van der Waals surface area contributed by atoms with Gasteiger partial charge in [0.05, 0.1) is 11.7 Å². The first-order chi connectivity index (χ1) is 13.5. The van der Waals surface area contributed by atoms with Gasteiger partial charge < -0.3 is 10.3 Å². The number of halogens is 2. The maximum atomic E-state index is 13.9. The Balaban J connectivity index is 1.38. The van der Waals surface area contributed by atoms with Crippen LogP contribution in [0, 0.1) is 5.82 Å². The van der Waals surface area contributed by atoms with Gasteiger partial charge in [0.1, 0.15) is 5.82 Å². The SMILES string of the molecule is C[C@H](C(=O)Nc1ccc(Cl)cc1F)N1CCC(c2c[nH]c3ccccc23)CC1. The molecular formula is C22H23ClFN3O. The van der Waals surface area contributed by atoms with E-state index in [0.29, 0.717) is 10.9 Å². The van der Waals surface area contributed by atoms with Crippen LogP contribution < -0.4 is 5.32 Å². The minimum Gasteiger partial charge on any atom is -0.361 e. The maximum Gasteiger partial charge on any atom is 0.241 e. The van der Waals surface area contributed by atoms with Gasteiger partial charge in [-0.3, -0.25) is 9.69 Å². The van der Waals surface area contributed by atoms with E-state index in [-0.39, 0.29) is 17.6 Å². The zero-order chi connectivity index (χ0) is 19.7. The number of amides is 1. The molecule has 0 spiro atoms. The van der Waals surface area contributed by atoms with E-state index in [1.54, 1.807) is 6.07 Å². The average Bonchev–Trinajstić information content (AvgIpc) is 3.14. The summed E-state index contributed by atoms with van der Waals surface area (Å²) in [7, 11) is 0. The molecule has 0 bridgehead atoms. The van der Waals surface area contributed by atoms with E-state index in [9.17, 15) is 9.18 Å². The van der Waals surface area contributed by atoms with Crippen LogP contribution in [-0.2, 0) is 4.79 Å². The number of rotatable bonds is 4. The van der Waals surface area contributed by atoms with Gasteiger partial charge in [0, 0.05) is 22.1 Å². The van der Waals surface area contributed by atoms with Crippen LogP contribution in [0.1, 0.15) is 31.2 Å². The number of hydrogen-bond acceptors (Lipinski definition) is 2. The van der Waals surface area contributed by atoms with Crippen LogP contribution in [0.2, 0.25) is 5.02 Å². The van der Waals surface area contributed by atoms with Crippen LogP contribution in [0.25, 0.3) is 10.9 Å². The van der Waals surface area contributed by atoms with Crippen molar-refractivity contribution in [3.8, 4) is 0 Å². The van der Waals surface area contributed by atoms with Crippen molar-refractivity contribution in [1.82, 2.24) is 9.88 Å². The minimum absolute atomic E-state index is 0.162. The van der Waals surface area contributed by atoms with Crippen molar-refractivity contribution in [2.45, 2.75) is 31.7 Å². The summed E-state index contributed by atoms with van der Waals surface area (Å²) in [5.41, 5.74) is 2.68.